The van der Waals surface area contributed by atoms with Crippen molar-refractivity contribution in [3.63, 3.8) is 0 Å². The molecule has 2 N–H and O–H groups in total. The molecule has 2 heteroatoms. The van der Waals surface area contributed by atoms with Gasteiger partial charge in [0.1, 0.15) is 5.75 Å². The zero-order valence-electron chi connectivity index (χ0n) is 8.37. The average molecular weight is 187 g/mol. The molecule has 0 bridgehead atoms. The Hall–Kier alpha value is -1.70. The molecule has 0 fully saturated rings. The summed E-state index contributed by atoms with van der Waals surface area (Å²) in [5, 5.41) is 2.27. The van der Waals surface area contributed by atoms with Gasteiger partial charge in [-0.25, -0.2) is 0 Å². The zero-order chi connectivity index (χ0) is 10.1. The third-order valence-corrected chi connectivity index (χ3v) is 2.44. The Bertz CT molecular complexity index is 477. The van der Waals surface area contributed by atoms with E-state index in [0.717, 1.165) is 16.5 Å². The van der Waals surface area contributed by atoms with Gasteiger partial charge < -0.3 is 10.5 Å². The van der Waals surface area contributed by atoms with E-state index in [1.807, 2.05) is 18.2 Å². The number of hydrogen-bond donors (Lipinski definition) is 1. The second-order valence-electron chi connectivity index (χ2n) is 3.36. The van der Waals surface area contributed by atoms with Gasteiger partial charge in [-0.05, 0) is 23.9 Å². The smallest absolute Gasteiger partial charge is 0.149 e. The van der Waals surface area contributed by atoms with Crippen molar-refractivity contribution in [1.29, 1.82) is 0 Å². The lowest BCUT2D eigenvalue weighted by molar-refractivity contribution is 0.422. The van der Waals surface area contributed by atoms with Crippen LogP contribution in [0.2, 0.25) is 0 Å². The van der Waals surface area contributed by atoms with Crippen molar-refractivity contribution < 1.29 is 4.74 Å². The van der Waals surface area contributed by atoms with Crippen molar-refractivity contribution in [2.45, 2.75) is 6.92 Å². The van der Waals surface area contributed by atoms with Crippen LogP contribution in [-0.4, -0.2) is 7.11 Å². The van der Waals surface area contributed by atoms with E-state index >= 15 is 0 Å². The summed E-state index contributed by atoms with van der Waals surface area (Å²) >= 11 is 0. The molecule has 2 rings (SSSR count). The van der Waals surface area contributed by atoms with Crippen LogP contribution in [0.25, 0.3) is 10.8 Å². The van der Waals surface area contributed by atoms with Crippen LogP contribution in [0.1, 0.15) is 5.56 Å². The Morgan fingerprint density at radius 3 is 2.64 bits per heavy atom. The monoisotopic (exact) mass is 187 g/mol. The summed E-state index contributed by atoms with van der Waals surface area (Å²) in [4.78, 5) is 0. The minimum atomic E-state index is 0.689. The highest BCUT2D eigenvalue weighted by atomic mass is 16.5. The summed E-state index contributed by atoms with van der Waals surface area (Å²) < 4.78 is 5.31. The summed E-state index contributed by atoms with van der Waals surface area (Å²) in [6.07, 6.45) is 0. The first-order valence-corrected chi connectivity index (χ1v) is 4.56. The first-order chi connectivity index (χ1) is 6.74. The van der Waals surface area contributed by atoms with Crippen molar-refractivity contribution >= 4 is 16.5 Å². The molecule has 0 saturated heterocycles. The molecule has 0 aliphatic rings. The van der Waals surface area contributed by atoms with E-state index in [2.05, 4.69) is 19.1 Å². The Balaban J connectivity index is 2.91. The number of ether oxygens (including phenoxy) is 1. The van der Waals surface area contributed by atoms with Gasteiger partial charge in [0.05, 0.1) is 12.8 Å². The molecule has 0 aliphatic carbocycles. The highest BCUT2D eigenvalue weighted by molar-refractivity contribution is 5.95. The first-order valence-electron chi connectivity index (χ1n) is 4.56. The van der Waals surface area contributed by atoms with Gasteiger partial charge in [-0.15, -0.1) is 0 Å². The summed E-state index contributed by atoms with van der Waals surface area (Å²) in [7, 11) is 1.65. The van der Waals surface area contributed by atoms with E-state index in [1.165, 1.54) is 5.56 Å². The predicted octanol–water partition coefficient (Wildman–Crippen LogP) is 2.74. The van der Waals surface area contributed by atoms with Crippen molar-refractivity contribution in [2.75, 3.05) is 12.8 Å². The molecule has 0 spiro atoms. The van der Waals surface area contributed by atoms with E-state index in [9.17, 15) is 0 Å². The molecule has 0 heterocycles. The fourth-order valence-corrected chi connectivity index (χ4v) is 1.76. The molecule has 0 aliphatic heterocycles. The molecule has 0 unspecified atom stereocenters. The lowest BCUT2D eigenvalue weighted by Gasteiger charge is -2.10. The number of rotatable bonds is 1. The van der Waals surface area contributed by atoms with Gasteiger partial charge in [-0.2, -0.15) is 0 Å². The highest BCUT2D eigenvalue weighted by Crippen LogP contribution is 2.33. The van der Waals surface area contributed by atoms with Crippen LogP contribution in [0.3, 0.4) is 0 Å². The number of aryl methyl sites for hydroxylation is 1. The van der Waals surface area contributed by atoms with Crippen LogP contribution in [0.15, 0.2) is 30.3 Å². The quantitative estimate of drug-likeness (QED) is 0.697. The average Bonchev–Trinajstić information content (AvgIpc) is 2.19. The number of nitrogen functional groups attached to an aromatic ring is 1. The number of fused-ring (bicyclic) bond motifs is 1. The maximum Gasteiger partial charge on any atom is 0.149 e. The van der Waals surface area contributed by atoms with Crippen molar-refractivity contribution in [2.24, 2.45) is 0 Å². The van der Waals surface area contributed by atoms with Crippen molar-refractivity contribution in [3.05, 3.63) is 35.9 Å². The Morgan fingerprint density at radius 1 is 1.14 bits per heavy atom. The van der Waals surface area contributed by atoms with Crippen molar-refractivity contribution in [1.82, 2.24) is 0 Å². The third kappa shape index (κ3) is 1.20. The topological polar surface area (TPSA) is 35.2 Å². The minimum Gasteiger partial charge on any atom is -0.494 e. The minimum absolute atomic E-state index is 0.689. The third-order valence-electron chi connectivity index (χ3n) is 2.44. The predicted molar refractivity (Wildman–Crippen MR) is 59.6 cm³/mol. The molecule has 2 aromatic rings. The van der Waals surface area contributed by atoms with Crippen LogP contribution >= 0.6 is 0 Å². The summed E-state index contributed by atoms with van der Waals surface area (Å²) in [6, 6.07) is 10.0. The van der Waals surface area contributed by atoms with Crippen LogP contribution in [-0.2, 0) is 0 Å². The molecule has 2 nitrogen and oxygen atoms in total. The van der Waals surface area contributed by atoms with Crippen LogP contribution in [0.4, 0.5) is 5.69 Å². The molecule has 14 heavy (non-hydrogen) atoms. The van der Waals surface area contributed by atoms with E-state index in [4.69, 9.17) is 10.5 Å². The van der Waals surface area contributed by atoms with Crippen LogP contribution in [0, 0.1) is 6.92 Å². The summed E-state index contributed by atoms with van der Waals surface area (Å²) in [5.41, 5.74) is 7.72. The second-order valence-corrected chi connectivity index (χ2v) is 3.36. The SMILES string of the molecule is COc1c(N)ccc2cccc(C)c12. The standard InChI is InChI=1S/C12H13NO/c1-8-4-3-5-9-6-7-10(13)12(14-2)11(8)9/h3-7H,13H2,1-2H3. The number of nitrogens with two attached hydrogens (primary N) is 1. The molecule has 0 aromatic heterocycles. The second kappa shape index (κ2) is 3.22. The number of benzene rings is 2. The maximum absolute atomic E-state index is 5.84. The van der Waals surface area contributed by atoms with Gasteiger partial charge in [-0.1, -0.05) is 24.3 Å². The molecular weight excluding hydrogens is 174 g/mol. The molecular formula is C12H13NO. The van der Waals surface area contributed by atoms with Gasteiger partial charge in [0.15, 0.2) is 0 Å². The largest absolute Gasteiger partial charge is 0.494 e. The van der Waals surface area contributed by atoms with Crippen LogP contribution < -0.4 is 10.5 Å². The Kier molecular flexibility index (Phi) is 2.04. The van der Waals surface area contributed by atoms with E-state index < -0.39 is 0 Å². The van der Waals surface area contributed by atoms with Crippen molar-refractivity contribution in [3.8, 4) is 5.75 Å². The molecule has 0 saturated carbocycles. The van der Waals surface area contributed by atoms with Gasteiger partial charge in [0.25, 0.3) is 0 Å². The lowest BCUT2D eigenvalue weighted by Crippen LogP contribution is -1.94. The molecule has 72 valence electrons. The zero-order valence-corrected chi connectivity index (χ0v) is 8.37. The van der Waals surface area contributed by atoms with Gasteiger partial charge in [0.2, 0.25) is 0 Å². The number of hydrogen-bond acceptors (Lipinski definition) is 2. The first kappa shape index (κ1) is 8.88. The molecule has 0 radical (unpaired) electrons. The van der Waals surface area contributed by atoms with Crippen LogP contribution in [0.5, 0.6) is 5.75 Å². The van der Waals surface area contributed by atoms with Gasteiger partial charge >= 0.3 is 0 Å². The van der Waals surface area contributed by atoms with Gasteiger partial charge in [0, 0.05) is 5.39 Å². The van der Waals surface area contributed by atoms with E-state index in [-0.39, 0.29) is 0 Å². The normalized spacial score (nSPS) is 10.4. The molecule has 0 amide bonds. The van der Waals surface area contributed by atoms with E-state index in [0.29, 0.717) is 5.69 Å². The Morgan fingerprint density at radius 2 is 1.93 bits per heavy atom. The van der Waals surface area contributed by atoms with Gasteiger partial charge in [-0.3, -0.25) is 0 Å². The Labute approximate surface area is 83.3 Å². The van der Waals surface area contributed by atoms with E-state index in [1.54, 1.807) is 7.11 Å². The molecule has 2 aromatic carbocycles. The number of anilines is 1. The summed E-state index contributed by atoms with van der Waals surface area (Å²) in [5.74, 6) is 0.778. The maximum atomic E-state index is 5.84. The highest BCUT2D eigenvalue weighted by Gasteiger charge is 2.06. The lowest BCUT2D eigenvalue weighted by atomic mass is 10.0. The summed E-state index contributed by atoms with van der Waals surface area (Å²) in [6.45, 7) is 2.06. The fourth-order valence-electron chi connectivity index (χ4n) is 1.76. The fraction of sp³-hybridized carbons (Fsp3) is 0.167. The number of methoxy groups -OCH3 is 1. The molecule has 0 atom stereocenters.